The van der Waals surface area contributed by atoms with Gasteiger partial charge in [0.15, 0.2) is 11.6 Å². The Hall–Kier alpha value is -1.78. The monoisotopic (exact) mass is 282 g/mol. The van der Waals surface area contributed by atoms with Crippen LogP contribution in [-0.4, -0.2) is 25.1 Å². The smallest absolute Gasteiger partial charge is 0.242 e. The highest BCUT2D eigenvalue weighted by atomic mass is 19.1. The van der Waals surface area contributed by atoms with E-state index in [-0.39, 0.29) is 17.7 Å². The van der Waals surface area contributed by atoms with E-state index in [1.165, 1.54) is 19.2 Å². The van der Waals surface area contributed by atoms with Gasteiger partial charge in [-0.15, -0.1) is 0 Å². The summed E-state index contributed by atoms with van der Waals surface area (Å²) < 4.78 is 18.4. The summed E-state index contributed by atoms with van der Waals surface area (Å²) in [7, 11) is 1.41. The largest absolute Gasteiger partial charge is 0.494 e. The lowest BCUT2D eigenvalue weighted by Crippen LogP contribution is -2.42. The lowest BCUT2D eigenvalue weighted by atomic mass is 10.2. The van der Waals surface area contributed by atoms with Gasteiger partial charge in [-0.05, 0) is 32.4 Å². The van der Waals surface area contributed by atoms with Crippen molar-refractivity contribution in [3.63, 3.8) is 0 Å². The van der Waals surface area contributed by atoms with E-state index in [1.54, 1.807) is 13.0 Å². The van der Waals surface area contributed by atoms with Crippen LogP contribution in [0.1, 0.15) is 33.6 Å². The van der Waals surface area contributed by atoms with Crippen molar-refractivity contribution in [1.82, 2.24) is 5.32 Å². The Morgan fingerprint density at radius 1 is 1.40 bits per heavy atom. The van der Waals surface area contributed by atoms with Gasteiger partial charge in [-0.25, -0.2) is 4.39 Å². The standard InChI is InChI=1S/C15H23FN2O2/c1-5-6-10(2)17-15(19)11(3)18-12-7-8-14(20-4)13(16)9-12/h7-11,18H,5-6H2,1-4H3,(H,17,19). The third-order valence-electron chi connectivity index (χ3n) is 3.04. The van der Waals surface area contributed by atoms with Crippen LogP contribution < -0.4 is 15.4 Å². The lowest BCUT2D eigenvalue weighted by Gasteiger charge is -2.19. The molecule has 0 aliphatic carbocycles. The Balaban J connectivity index is 2.59. The average molecular weight is 282 g/mol. The second-order valence-corrected chi connectivity index (χ2v) is 4.91. The van der Waals surface area contributed by atoms with E-state index in [4.69, 9.17) is 4.74 Å². The number of hydrogen-bond donors (Lipinski definition) is 2. The molecule has 0 aliphatic heterocycles. The number of carbonyl (C=O) groups is 1. The molecule has 0 bridgehead atoms. The minimum Gasteiger partial charge on any atom is -0.494 e. The van der Waals surface area contributed by atoms with Crippen LogP contribution in [0.4, 0.5) is 10.1 Å². The van der Waals surface area contributed by atoms with Crippen molar-refractivity contribution in [2.75, 3.05) is 12.4 Å². The summed E-state index contributed by atoms with van der Waals surface area (Å²) >= 11 is 0. The first-order valence-electron chi connectivity index (χ1n) is 6.88. The van der Waals surface area contributed by atoms with Gasteiger partial charge in [-0.3, -0.25) is 4.79 Å². The molecule has 0 radical (unpaired) electrons. The number of nitrogens with one attached hydrogen (secondary N) is 2. The predicted molar refractivity (Wildman–Crippen MR) is 78.5 cm³/mol. The molecule has 1 amide bonds. The Morgan fingerprint density at radius 3 is 2.65 bits per heavy atom. The van der Waals surface area contributed by atoms with Crippen molar-refractivity contribution < 1.29 is 13.9 Å². The first-order chi connectivity index (χ1) is 9.47. The van der Waals surface area contributed by atoms with Gasteiger partial charge in [-0.2, -0.15) is 0 Å². The average Bonchev–Trinajstić information content (AvgIpc) is 2.39. The van der Waals surface area contributed by atoms with E-state index in [2.05, 4.69) is 17.6 Å². The van der Waals surface area contributed by atoms with Gasteiger partial charge in [0.1, 0.15) is 6.04 Å². The highest BCUT2D eigenvalue weighted by Gasteiger charge is 2.15. The summed E-state index contributed by atoms with van der Waals surface area (Å²) in [5.41, 5.74) is 0.550. The van der Waals surface area contributed by atoms with Crippen molar-refractivity contribution in [3.05, 3.63) is 24.0 Å². The van der Waals surface area contributed by atoms with Crippen LogP contribution in [0.5, 0.6) is 5.75 Å². The van der Waals surface area contributed by atoms with Crippen LogP contribution in [0.25, 0.3) is 0 Å². The van der Waals surface area contributed by atoms with Gasteiger partial charge in [0.05, 0.1) is 7.11 Å². The molecule has 0 spiro atoms. The third kappa shape index (κ3) is 4.72. The Morgan fingerprint density at radius 2 is 2.10 bits per heavy atom. The molecule has 0 aliphatic rings. The quantitative estimate of drug-likeness (QED) is 0.808. The third-order valence-corrected chi connectivity index (χ3v) is 3.04. The Kier molecular flexibility index (Phi) is 6.28. The van der Waals surface area contributed by atoms with Crippen molar-refractivity contribution in [3.8, 4) is 5.75 Å². The fourth-order valence-electron chi connectivity index (χ4n) is 1.94. The maximum absolute atomic E-state index is 13.5. The summed E-state index contributed by atoms with van der Waals surface area (Å²) in [6.45, 7) is 5.79. The number of ether oxygens (including phenoxy) is 1. The minimum absolute atomic E-state index is 0.0952. The van der Waals surface area contributed by atoms with Crippen LogP contribution >= 0.6 is 0 Å². The van der Waals surface area contributed by atoms with Crippen LogP contribution in [-0.2, 0) is 4.79 Å². The molecule has 0 aromatic heterocycles. The zero-order valence-corrected chi connectivity index (χ0v) is 12.5. The van der Waals surface area contributed by atoms with Crippen molar-refractivity contribution in [2.24, 2.45) is 0 Å². The fraction of sp³-hybridized carbons (Fsp3) is 0.533. The second-order valence-electron chi connectivity index (χ2n) is 4.91. The first kappa shape index (κ1) is 16.3. The maximum atomic E-state index is 13.5. The van der Waals surface area contributed by atoms with Gasteiger partial charge in [0.25, 0.3) is 0 Å². The molecule has 2 atom stereocenters. The van der Waals surface area contributed by atoms with Crippen LogP contribution in [0.15, 0.2) is 18.2 Å². The number of halogens is 1. The highest BCUT2D eigenvalue weighted by Crippen LogP contribution is 2.21. The summed E-state index contributed by atoms with van der Waals surface area (Å²) in [5, 5.41) is 5.89. The molecule has 0 heterocycles. The predicted octanol–water partition coefficient (Wildman–Crippen LogP) is 2.94. The molecule has 1 aromatic carbocycles. The van der Waals surface area contributed by atoms with Crippen molar-refractivity contribution in [1.29, 1.82) is 0 Å². The lowest BCUT2D eigenvalue weighted by molar-refractivity contribution is -0.122. The van der Waals surface area contributed by atoms with E-state index >= 15 is 0 Å². The SMILES string of the molecule is CCCC(C)NC(=O)C(C)Nc1ccc(OC)c(F)c1. The fourth-order valence-corrected chi connectivity index (χ4v) is 1.94. The van der Waals surface area contributed by atoms with Gasteiger partial charge in [0.2, 0.25) is 5.91 Å². The maximum Gasteiger partial charge on any atom is 0.242 e. The van der Waals surface area contributed by atoms with E-state index in [1.807, 2.05) is 6.92 Å². The van der Waals surface area contributed by atoms with Gasteiger partial charge in [-0.1, -0.05) is 13.3 Å². The number of benzene rings is 1. The number of amides is 1. The topological polar surface area (TPSA) is 50.4 Å². The van der Waals surface area contributed by atoms with Gasteiger partial charge < -0.3 is 15.4 Å². The number of hydrogen-bond acceptors (Lipinski definition) is 3. The second kappa shape index (κ2) is 7.72. The zero-order chi connectivity index (χ0) is 15.1. The molecule has 0 saturated heterocycles. The van der Waals surface area contributed by atoms with E-state index < -0.39 is 11.9 Å². The molecule has 2 N–H and O–H groups in total. The molecule has 20 heavy (non-hydrogen) atoms. The van der Waals surface area contributed by atoms with Crippen LogP contribution in [0.2, 0.25) is 0 Å². The number of carbonyl (C=O) groups excluding carboxylic acids is 1. The molecular formula is C15H23FN2O2. The zero-order valence-electron chi connectivity index (χ0n) is 12.5. The molecule has 4 nitrogen and oxygen atoms in total. The molecule has 2 unspecified atom stereocenters. The first-order valence-corrected chi connectivity index (χ1v) is 6.88. The van der Waals surface area contributed by atoms with E-state index in [0.717, 1.165) is 12.8 Å². The molecule has 5 heteroatoms. The molecule has 0 saturated carbocycles. The van der Waals surface area contributed by atoms with Crippen molar-refractivity contribution >= 4 is 11.6 Å². The summed E-state index contributed by atoms with van der Waals surface area (Å²) in [6, 6.07) is 4.24. The number of methoxy groups -OCH3 is 1. The molecule has 1 aromatic rings. The van der Waals surface area contributed by atoms with Crippen LogP contribution in [0, 0.1) is 5.82 Å². The van der Waals surface area contributed by atoms with E-state index in [9.17, 15) is 9.18 Å². The highest BCUT2D eigenvalue weighted by molar-refractivity contribution is 5.84. The molecular weight excluding hydrogens is 259 g/mol. The van der Waals surface area contributed by atoms with Crippen molar-refractivity contribution in [2.45, 2.75) is 45.7 Å². The van der Waals surface area contributed by atoms with Gasteiger partial charge >= 0.3 is 0 Å². The molecule has 112 valence electrons. The molecule has 1 rings (SSSR count). The molecule has 0 fully saturated rings. The normalized spacial score (nSPS) is 13.4. The number of anilines is 1. The van der Waals surface area contributed by atoms with Crippen LogP contribution in [0.3, 0.4) is 0 Å². The summed E-state index contributed by atoms with van der Waals surface area (Å²) in [4.78, 5) is 11.9. The van der Waals surface area contributed by atoms with Gasteiger partial charge in [0, 0.05) is 17.8 Å². The summed E-state index contributed by atoms with van der Waals surface area (Å²) in [5.74, 6) is -0.365. The Labute approximate surface area is 119 Å². The Bertz CT molecular complexity index is 451. The van der Waals surface area contributed by atoms with E-state index in [0.29, 0.717) is 5.69 Å². The minimum atomic E-state index is -0.454. The summed E-state index contributed by atoms with van der Waals surface area (Å²) in [6.07, 6.45) is 1.96. The number of rotatable bonds is 7.